The number of carbonyl (C=O) groups is 3. The van der Waals surface area contributed by atoms with Crippen molar-refractivity contribution >= 4 is 23.5 Å². The Kier molecular flexibility index (Phi) is 3.27. The van der Waals surface area contributed by atoms with Gasteiger partial charge < -0.3 is 4.90 Å². The van der Waals surface area contributed by atoms with Crippen LogP contribution in [0.3, 0.4) is 0 Å². The highest BCUT2D eigenvalue weighted by atomic mass is 16.2. The number of nitrogens with zero attached hydrogens (tertiary/aromatic N) is 2. The van der Waals surface area contributed by atoms with E-state index < -0.39 is 22.9 Å². The van der Waals surface area contributed by atoms with Crippen molar-refractivity contribution in [1.29, 1.82) is 0 Å². The molecule has 0 bridgehead atoms. The van der Waals surface area contributed by atoms with E-state index in [4.69, 9.17) is 0 Å². The molecule has 0 unspecified atom stereocenters. The van der Waals surface area contributed by atoms with Gasteiger partial charge in [0.1, 0.15) is 0 Å². The third kappa shape index (κ3) is 2.06. The van der Waals surface area contributed by atoms with Crippen LogP contribution in [0.5, 0.6) is 0 Å². The summed E-state index contributed by atoms with van der Waals surface area (Å²) >= 11 is 0. The maximum Gasteiger partial charge on any atom is 0.331 e. The Bertz CT molecular complexity index is 782. The molecule has 6 heteroatoms. The van der Waals surface area contributed by atoms with Crippen LogP contribution in [0.15, 0.2) is 24.3 Å². The van der Waals surface area contributed by atoms with Gasteiger partial charge in [0.15, 0.2) is 5.41 Å². The van der Waals surface area contributed by atoms with Gasteiger partial charge in [-0.25, -0.2) is 4.79 Å². The molecule has 0 aromatic heterocycles. The molecule has 4 amide bonds. The van der Waals surface area contributed by atoms with E-state index in [1.165, 1.54) is 4.90 Å². The number of rotatable bonds is 0. The zero-order valence-corrected chi connectivity index (χ0v) is 14.8. The minimum atomic E-state index is -1.23. The first kappa shape index (κ1) is 16.1. The second kappa shape index (κ2) is 5.07. The Morgan fingerprint density at radius 2 is 1.88 bits per heavy atom. The van der Waals surface area contributed by atoms with Crippen LogP contribution in [0.25, 0.3) is 0 Å². The van der Waals surface area contributed by atoms with E-state index in [9.17, 15) is 14.4 Å². The summed E-state index contributed by atoms with van der Waals surface area (Å²) in [5.74, 6) is -0.811. The highest BCUT2D eigenvalue weighted by molar-refractivity contribution is 6.20. The molecule has 1 spiro atoms. The summed E-state index contributed by atoms with van der Waals surface area (Å²) in [6, 6.07) is 7.13. The summed E-state index contributed by atoms with van der Waals surface area (Å²) < 4.78 is 0. The summed E-state index contributed by atoms with van der Waals surface area (Å²) in [4.78, 5) is 42.4. The zero-order valence-electron chi connectivity index (χ0n) is 14.8. The van der Waals surface area contributed by atoms with Gasteiger partial charge in [-0.2, -0.15) is 0 Å². The van der Waals surface area contributed by atoms with E-state index in [2.05, 4.69) is 16.3 Å². The average molecular weight is 341 g/mol. The van der Waals surface area contributed by atoms with E-state index in [-0.39, 0.29) is 11.9 Å². The van der Waals surface area contributed by atoms with Gasteiger partial charge in [-0.1, -0.05) is 18.2 Å². The van der Waals surface area contributed by atoms with E-state index in [0.29, 0.717) is 6.42 Å². The van der Waals surface area contributed by atoms with Crippen molar-refractivity contribution in [2.24, 2.45) is 5.41 Å². The lowest BCUT2D eigenvalue weighted by atomic mass is 9.68. The van der Waals surface area contributed by atoms with Crippen LogP contribution in [-0.2, 0) is 16.0 Å². The second-order valence-corrected chi connectivity index (χ2v) is 8.20. The second-order valence-electron chi connectivity index (χ2n) is 8.20. The Morgan fingerprint density at radius 1 is 1.16 bits per heavy atom. The van der Waals surface area contributed by atoms with Gasteiger partial charge in [0.05, 0.1) is 6.04 Å². The first-order valence-corrected chi connectivity index (χ1v) is 8.81. The molecule has 0 saturated carbocycles. The molecule has 3 aliphatic rings. The maximum atomic E-state index is 13.5. The fourth-order valence-corrected chi connectivity index (χ4v) is 4.64. The maximum absolute atomic E-state index is 13.5. The number of urea groups is 1. The summed E-state index contributed by atoms with van der Waals surface area (Å²) in [6.07, 6.45) is 2.05. The molecule has 0 radical (unpaired) electrons. The van der Waals surface area contributed by atoms with Crippen molar-refractivity contribution in [3.8, 4) is 0 Å². The van der Waals surface area contributed by atoms with Gasteiger partial charge in [-0.05, 0) is 51.7 Å². The van der Waals surface area contributed by atoms with Crippen molar-refractivity contribution in [3.63, 3.8) is 0 Å². The average Bonchev–Trinajstić information content (AvgIpc) is 3.01. The molecule has 4 rings (SSSR count). The number of imide groups is 2. The molecule has 1 aromatic carbocycles. The smallest absolute Gasteiger partial charge is 0.331 e. The Hall–Kier alpha value is -2.37. The molecule has 0 aliphatic carbocycles. The van der Waals surface area contributed by atoms with Gasteiger partial charge in [-0.15, -0.1) is 0 Å². The minimum absolute atomic E-state index is 0.201. The Balaban J connectivity index is 1.89. The van der Waals surface area contributed by atoms with E-state index in [1.807, 2.05) is 39.0 Å². The van der Waals surface area contributed by atoms with Crippen molar-refractivity contribution in [2.45, 2.75) is 51.6 Å². The van der Waals surface area contributed by atoms with Crippen molar-refractivity contribution in [3.05, 3.63) is 29.8 Å². The van der Waals surface area contributed by atoms with Crippen molar-refractivity contribution < 1.29 is 14.4 Å². The number of para-hydroxylation sites is 1. The predicted octanol–water partition coefficient (Wildman–Crippen LogP) is 2.07. The Morgan fingerprint density at radius 3 is 2.60 bits per heavy atom. The van der Waals surface area contributed by atoms with Gasteiger partial charge in [0.2, 0.25) is 11.8 Å². The predicted molar refractivity (Wildman–Crippen MR) is 93.1 cm³/mol. The van der Waals surface area contributed by atoms with Crippen LogP contribution in [0.4, 0.5) is 10.5 Å². The largest absolute Gasteiger partial charge is 0.367 e. The molecule has 3 heterocycles. The normalized spacial score (nSPS) is 28.9. The summed E-state index contributed by atoms with van der Waals surface area (Å²) in [7, 11) is 0. The van der Waals surface area contributed by atoms with Crippen molar-refractivity contribution in [1.82, 2.24) is 10.2 Å². The summed E-state index contributed by atoms with van der Waals surface area (Å²) in [5, 5.41) is 2.47. The number of hydrogen-bond donors (Lipinski definition) is 1. The molecule has 2 fully saturated rings. The molecule has 2 saturated heterocycles. The number of hydrogen-bond acceptors (Lipinski definition) is 4. The van der Waals surface area contributed by atoms with Crippen LogP contribution in [0.2, 0.25) is 0 Å². The summed E-state index contributed by atoms with van der Waals surface area (Å²) in [6.45, 7) is 6.28. The number of amides is 4. The van der Waals surface area contributed by atoms with Gasteiger partial charge in [0, 0.05) is 17.8 Å². The highest BCUT2D eigenvalue weighted by Crippen LogP contribution is 2.48. The number of anilines is 1. The van der Waals surface area contributed by atoms with Crippen LogP contribution >= 0.6 is 0 Å². The standard InChI is InChI=1S/C19H23N3O3/c1-18(2,3)22-16(24)19(15(23)20-17(22)25)11-12-7-4-5-8-13(12)21-10-6-9-14(19)21/h4-5,7-8,14H,6,9-11H2,1-3H3,(H,20,23,25)/t14-,19+/m1/s1. The lowest BCUT2D eigenvalue weighted by Crippen LogP contribution is -2.73. The monoisotopic (exact) mass is 341 g/mol. The number of benzene rings is 1. The number of nitrogens with one attached hydrogen (secondary N) is 1. The number of carbonyl (C=O) groups excluding carboxylic acids is 3. The van der Waals surface area contributed by atoms with Crippen LogP contribution in [-0.4, -0.2) is 40.9 Å². The molecule has 1 aromatic rings. The third-order valence-electron chi connectivity index (χ3n) is 5.68. The molecular formula is C19H23N3O3. The fourth-order valence-electron chi connectivity index (χ4n) is 4.64. The Labute approximate surface area is 147 Å². The first-order valence-electron chi connectivity index (χ1n) is 8.81. The molecule has 1 N–H and O–H groups in total. The van der Waals surface area contributed by atoms with E-state index in [0.717, 1.165) is 30.6 Å². The van der Waals surface area contributed by atoms with E-state index in [1.54, 1.807) is 0 Å². The van der Waals surface area contributed by atoms with Gasteiger partial charge in [0.25, 0.3) is 0 Å². The lowest BCUT2D eigenvalue weighted by molar-refractivity contribution is -0.156. The van der Waals surface area contributed by atoms with E-state index >= 15 is 0 Å². The first-order chi connectivity index (χ1) is 11.8. The quantitative estimate of drug-likeness (QED) is 0.734. The highest BCUT2D eigenvalue weighted by Gasteiger charge is 2.63. The molecule has 3 aliphatic heterocycles. The SMILES string of the molecule is CC(C)(C)N1C(=O)NC(=O)[C@@]2(Cc3ccccc3N3CCC[C@@H]32)C1=O. The molecule has 132 valence electrons. The molecular weight excluding hydrogens is 318 g/mol. The van der Waals surface area contributed by atoms with Gasteiger partial charge in [-0.3, -0.25) is 19.8 Å². The minimum Gasteiger partial charge on any atom is -0.367 e. The zero-order chi connectivity index (χ0) is 18.0. The topological polar surface area (TPSA) is 69.7 Å². The van der Waals surface area contributed by atoms with Crippen LogP contribution in [0.1, 0.15) is 39.2 Å². The van der Waals surface area contributed by atoms with Gasteiger partial charge >= 0.3 is 6.03 Å². The third-order valence-corrected chi connectivity index (χ3v) is 5.68. The van der Waals surface area contributed by atoms with Crippen molar-refractivity contribution in [2.75, 3.05) is 11.4 Å². The number of fused-ring (bicyclic) bond motifs is 4. The number of barbiturate groups is 1. The fraction of sp³-hybridized carbons (Fsp3) is 0.526. The van der Waals surface area contributed by atoms with Crippen LogP contribution < -0.4 is 10.2 Å². The van der Waals surface area contributed by atoms with Crippen LogP contribution in [0, 0.1) is 5.41 Å². The molecule has 2 atom stereocenters. The lowest BCUT2D eigenvalue weighted by Gasteiger charge is -2.51. The molecule has 25 heavy (non-hydrogen) atoms. The molecule has 6 nitrogen and oxygen atoms in total. The summed E-state index contributed by atoms with van der Waals surface area (Å²) in [5.41, 5.74) is 0.184.